The van der Waals surface area contributed by atoms with Crippen LogP contribution < -0.4 is 10.6 Å². The van der Waals surface area contributed by atoms with Crippen molar-refractivity contribution in [2.45, 2.75) is 45.2 Å². The van der Waals surface area contributed by atoms with Crippen LogP contribution >= 0.6 is 0 Å². The summed E-state index contributed by atoms with van der Waals surface area (Å²) in [6, 6.07) is 0.0751. The number of amides is 2. The van der Waals surface area contributed by atoms with Gasteiger partial charge in [0.15, 0.2) is 0 Å². The summed E-state index contributed by atoms with van der Waals surface area (Å²) in [5, 5.41) is 16.8. The van der Waals surface area contributed by atoms with E-state index >= 15 is 0 Å². The number of likely N-dealkylation sites (N-methyl/N-ethyl adjacent to an activating group) is 1. The molecular formula is C18H32N6O6S. The fourth-order valence-electron chi connectivity index (χ4n) is 3.18. The standard InChI is InChI=1S/C17H30N6O4S.CH2O2/c1-13(10-23-12-18-11-20-23)16(24)21-15-6-4-14(5-7-15)17(25)19-8-9-22(2)28(3,26)27;2-1-3/h11-15H,4-10H2,1-3H3,(H,19,25)(H,21,24);1H,(H,2,3). The van der Waals surface area contributed by atoms with Crippen LogP contribution in [-0.2, 0) is 31.0 Å². The summed E-state index contributed by atoms with van der Waals surface area (Å²) in [6.07, 6.45) is 7.08. The largest absolute Gasteiger partial charge is 0.483 e. The second-order valence-electron chi connectivity index (χ2n) is 7.56. The SMILES string of the molecule is CC(Cn1cncn1)C(=O)NC1CCC(C(=O)NCCN(C)S(C)(=O)=O)CC1.O=CO. The summed E-state index contributed by atoms with van der Waals surface area (Å²) in [6.45, 7) is 2.62. The number of carbonyl (C=O) groups is 3. The molecule has 3 N–H and O–H groups in total. The second-order valence-corrected chi connectivity index (χ2v) is 9.65. The highest BCUT2D eigenvalue weighted by atomic mass is 32.2. The minimum Gasteiger partial charge on any atom is -0.483 e. The van der Waals surface area contributed by atoms with E-state index in [-0.39, 0.29) is 42.7 Å². The zero-order chi connectivity index (χ0) is 23.4. The molecule has 13 heteroatoms. The predicted molar refractivity (Wildman–Crippen MR) is 112 cm³/mol. The quantitative estimate of drug-likeness (QED) is 0.407. The minimum absolute atomic E-state index is 0.0211. The van der Waals surface area contributed by atoms with E-state index in [1.54, 1.807) is 11.0 Å². The van der Waals surface area contributed by atoms with Gasteiger partial charge in [0, 0.05) is 32.1 Å². The van der Waals surface area contributed by atoms with Crippen molar-refractivity contribution in [1.29, 1.82) is 0 Å². The maximum Gasteiger partial charge on any atom is 0.290 e. The van der Waals surface area contributed by atoms with Gasteiger partial charge in [0.25, 0.3) is 6.47 Å². The van der Waals surface area contributed by atoms with E-state index in [1.165, 1.54) is 17.7 Å². The molecule has 1 fully saturated rings. The summed E-state index contributed by atoms with van der Waals surface area (Å²) >= 11 is 0. The molecule has 1 aliphatic rings. The number of carbonyl (C=O) groups excluding carboxylic acids is 2. The lowest BCUT2D eigenvalue weighted by Gasteiger charge is -2.29. The van der Waals surface area contributed by atoms with Gasteiger partial charge in [0.1, 0.15) is 12.7 Å². The fourth-order valence-corrected chi connectivity index (χ4v) is 3.60. The zero-order valence-corrected chi connectivity index (χ0v) is 18.9. The first-order chi connectivity index (χ1) is 14.6. The molecule has 0 aliphatic heterocycles. The molecule has 1 aromatic rings. The predicted octanol–water partition coefficient (Wildman–Crippen LogP) is -0.702. The van der Waals surface area contributed by atoms with Gasteiger partial charge < -0.3 is 15.7 Å². The van der Waals surface area contributed by atoms with Gasteiger partial charge in [-0.15, -0.1) is 0 Å². The van der Waals surface area contributed by atoms with E-state index in [4.69, 9.17) is 9.90 Å². The van der Waals surface area contributed by atoms with Crippen LogP contribution in [-0.4, -0.2) is 83.3 Å². The van der Waals surface area contributed by atoms with Crippen molar-refractivity contribution in [3.63, 3.8) is 0 Å². The van der Waals surface area contributed by atoms with Crippen LogP contribution in [0.1, 0.15) is 32.6 Å². The minimum atomic E-state index is -3.24. The van der Waals surface area contributed by atoms with E-state index in [9.17, 15) is 18.0 Å². The van der Waals surface area contributed by atoms with E-state index in [0.29, 0.717) is 25.9 Å². The topological polar surface area (TPSA) is 164 Å². The van der Waals surface area contributed by atoms with Crippen LogP contribution in [0.3, 0.4) is 0 Å². The van der Waals surface area contributed by atoms with Crippen molar-refractivity contribution in [1.82, 2.24) is 29.7 Å². The third-order valence-electron chi connectivity index (χ3n) is 5.11. The molecule has 1 aliphatic carbocycles. The summed E-state index contributed by atoms with van der Waals surface area (Å²) in [7, 11) is -1.75. The van der Waals surface area contributed by atoms with Gasteiger partial charge in [0.05, 0.1) is 18.7 Å². The molecule has 1 unspecified atom stereocenters. The van der Waals surface area contributed by atoms with Gasteiger partial charge in [-0.1, -0.05) is 6.92 Å². The lowest BCUT2D eigenvalue weighted by atomic mass is 9.85. The first kappa shape index (κ1) is 26.5. The first-order valence-electron chi connectivity index (χ1n) is 9.98. The highest BCUT2D eigenvalue weighted by molar-refractivity contribution is 7.88. The Balaban J connectivity index is 0.00000151. The summed E-state index contributed by atoms with van der Waals surface area (Å²) in [4.78, 5) is 36.8. The smallest absolute Gasteiger partial charge is 0.290 e. The second kappa shape index (κ2) is 13.0. The Labute approximate surface area is 182 Å². The summed E-state index contributed by atoms with van der Waals surface area (Å²) in [5.74, 6) is -0.378. The Morgan fingerprint density at radius 2 is 1.94 bits per heavy atom. The average Bonchev–Trinajstić information content (AvgIpc) is 3.21. The average molecular weight is 461 g/mol. The molecule has 2 amide bonds. The molecule has 1 heterocycles. The van der Waals surface area contributed by atoms with Crippen molar-refractivity contribution in [2.75, 3.05) is 26.4 Å². The molecule has 0 bridgehead atoms. The Morgan fingerprint density at radius 1 is 1.32 bits per heavy atom. The van der Waals surface area contributed by atoms with E-state index in [1.807, 2.05) is 6.92 Å². The Kier molecular flexibility index (Phi) is 11.1. The molecule has 0 radical (unpaired) electrons. The van der Waals surface area contributed by atoms with E-state index in [0.717, 1.165) is 19.1 Å². The van der Waals surface area contributed by atoms with Crippen molar-refractivity contribution < 1.29 is 27.9 Å². The van der Waals surface area contributed by atoms with Crippen molar-refractivity contribution in [3.8, 4) is 0 Å². The van der Waals surface area contributed by atoms with Crippen LogP contribution in [0.2, 0.25) is 0 Å². The maximum absolute atomic E-state index is 12.3. The lowest BCUT2D eigenvalue weighted by Crippen LogP contribution is -2.44. The van der Waals surface area contributed by atoms with Gasteiger partial charge in [-0.25, -0.2) is 17.7 Å². The van der Waals surface area contributed by atoms with Gasteiger partial charge in [-0.3, -0.25) is 19.1 Å². The molecule has 2 rings (SSSR count). The highest BCUT2D eigenvalue weighted by Gasteiger charge is 2.28. The van der Waals surface area contributed by atoms with Gasteiger partial charge in [-0.05, 0) is 25.7 Å². The van der Waals surface area contributed by atoms with Crippen LogP contribution in [0.5, 0.6) is 0 Å². The number of nitrogens with one attached hydrogen (secondary N) is 2. The van der Waals surface area contributed by atoms with Gasteiger partial charge in [-0.2, -0.15) is 5.10 Å². The Hall–Kier alpha value is -2.54. The number of carboxylic acid groups (broad SMARTS) is 1. The third kappa shape index (κ3) is 9.87. The number of hydrogen-bond donors (Lipinski definition) is 3. The molecule has 0 aromatic carbocycles. The van der Waals surface area contributed by atoms with Crippen LogP contribution in [0.4, 0.5) is 0 Å². The van der Waals surface area contributed by atoms with Gasteiger partial charge in [0.2, 0.25) is 21.8 Å². The summed E-state index contributed by atoms with van der Waals surface area (Å²) < 4.78 is 25.5. The molecule has 12 nitrogen and oxygen atoms in total. The number of hydrogen-bond acceptors (Lipinski definition) is 7. The van der Waals surface area contributed by atoms with Crippen LogP contribution in [0.15, 0.2) is 12.7 Å². The molecule has 1 saturated carbocycles. The first-order valence-corrected chi connectivity index (χ1v) is 11.8. The van der Waals surface area contributed by atoms with E-state index < -0.39 is 10.0 Å². The lowest BCUT2D eigenvalue weighted by molar-refractivity contribution is -0.127. The Morgan fingerprint density at radius 3 is 2.45 bits per heavy atom. The van der Waals surface area contributed by atoms with Gasteiger partial charge >= 0.3 is 0 Å². The maximum atomic E-state index is 12.3. The van der Waals surface area contributed by atoms with E-state index in [2.05, 4.69) is 20.7 Å². The highest BCUT2D eigenvalue weighted by Crippen LogP contribution is 2.24. The monoisotopic (exact) mass is 460 g/mol. The molecule has 31 heavy (non-hydrogen) atoms. The zero-order valence-electron chi connectivity index (χ0n) is 18.1. The third-order valence-corrected chi connectivity index (χ3v) is 6.43. The summed E-state index contributed by atoms with van der Waals surface area (Å²) in [5.41, 5.74) is 0. The number of sulfonamides is 1. The van der Waals surface area contributed by atoms with Crippen molar-refractivity contribution in [3.05, 3.63) is 12.7 Å². The fraction of sp³-hybridized carbons (Fsp3) is 0.722. The molecule has 0 spiro atoms. The van der Waals surface area contributed by atoms with Crippen LogP contribution in [0.25, 0.3) is 0 Å². The number of aromatic nitrogens is 3. The molecular weight excluding hydrogens is 428 g/mol. The molecule has 1 aromatic heterocycles. The van der Waals surface area contributed by atoms with Crippen molar-refractivity contribution >= 4 is 28.3 Å². The molecule has 1 atom stereocenters. The molecule has 0 saturated heterocycles. The number of nitrogens with zero attached hydrogens (tertiary/aromatic N) is 4. The number of rotatable bonds is 9. The van der Waals surface area contributed by atoms with Crippen LogP contribution in [0, 0.1) is 11.8 Å². The van der Waals surface area contributed by atoms with Crippen molar-refractivity contribution in [2.24, 2.45) is 11.8 Å². The normalized spacial score (nSPS) is 19.6. The molecule has 176 valence electrons. The Bertz CT molecular complexity index is 792.